The molecule has 0 aliphatic heterocycles. The maximum atomic E-state index is 12.9. The molecule has 1 aliphatic carbocycles. The summed E-state index contributed by atoms with van der Waals surface area (Å²) in [6.07, 6.45) is -3.82. The van der Waals surface area contributed by atoms with Gasteiger partial charge in [0.05, 0.1) is 6.07 Å². The van der Waals surface area contributed by atoms with Crippen LogP contribution in [0.1, 0.15) is 46.5 Å². The molecule has 0 bridgehead atoms. The van der Waals surface area contributed by atoms with Gasteiger partial charge in [0.25, 0.3) is 0 Å². The largest absolute Gasteiger partial charge is 0.407 e. The summed E-state index contributed by atoms with van der Waals surface area (Å²) in [5.74, 6) is 0. The molecule has 0 saturated heterocycles. The van der Waals surface area contributed by atoms with E-state index in [9.17, 15) is 13.2 Å². The Bertz CT molecular complexity index is 320. The molecule has 1 rings (SSSR count). The average Bonchev–Trinajstić information content (AvgIpc) is 2.24. The standard InChI is InChI=1S/C12H19F3N2S/c1-10(2,3)18-17-9-4-6-11(8-16,7-5-9)12(13,14)15/h9,17H,4-7H2,1-3H3. The molecule has 2 nitrogen and oxygen atoms in total. The minimum Gasteiger partial charge on any atom is -0.261 e. The molecule has 18 heavy (non-hydrogen) atoms. The van der Waals surface area contributed by atoms with Crippen molar-refractivity contribution in [3.05, 3.63) is 0 Å². The van der Waals surface area contributed by atoms with E-state index in [1.807, 2.05) is 20.8 Å². The lowest BCUT2D eigenvalue weighted by Crippen LogP contribution is -2.43. The second-order valence-corrected chi connectivity index (χ2v) is 7.46. The van der Waals surface area contributed by atoms with Crippen molar-refractivity contribution < 1.29 is 13.2 Å². The minimum atomic E-state index is -4.41. The van der Waals surface area contributed by atoms with Crippen molar-refractivity contribution in [3.8, 4) is 6.07 Å². The third kappa shape index (κ3) is 3.79. The lowest BCUT2D eigenvalue weighted by molar-refractivity contribution is -0.212. The molecule has 6 heteroatoms. The molecule has 0 amide bonds. The van der Waals surface area contributed by atoms with Crippen LogP contribution in [-0.2, 0) is 0 Å². The fraction of sp³-hybridized carbons (Fsp3) is 0.917. The monoisotopic (exact) mass is 280 g/mol. The van der Waals surface area contributed by atoms with Gasteiger partial charge in [0.15, 0.2) is 5.41 Å². The van der Waals surface area contributed by atoms with Gasteiger partial charge in [0.2, 0.25) is 0 Å². The van der Waals surface area contributed by atoms with Gasteiger partial charge in [-0.1, -0.05) is 11.9 Å². The van der Waals surface area contributed by atoms with Gasteiger partial charge in [-0.05, 0) is 46.5 Å². The zero-order valence-corrected chi connectivity index (χ0v) is 11.7. The fourth-order valence-corrected chi connectivity index (χ4v) is 2.70. The van der Waals surface area contributed by atoms with Crippen molar-refractivity contribution >= 4 is 11.9 Å². The zero-order valence-electron chi connectivity index (χ0n) is 10.9. The molecular formula is C12H19F3N2S. The van der Waals surface area contributed by atoms with Crippen molar-refractivity contribution in [1.82, 2.24) is 4.72 Å². The lowest BCUT2D eigenvalue weighted by atomic mass is 9.73. The first-order chi connectivity index (χ1) is 8.10. The van der Waals surface area contributed by atoms with Gasteiger partial charge in [-0.3, -0.25) is 4.72 Å². The summed E-state index contributed by atoms with van der Waals surface area (Å²) in [4.78, 5) is 0. The van der Waals surface area contributed by atoms with Gasteiger partial charge in [-0.2, -0.15) is 18.4 Å². The Kier molecular flexibility index (Phi) is 4.60. The molecule has 0 spiro atoms. The summed E-state index contributed by atoms with van der Waals surface area (Å²) in [6.45, 7) is 6.13. The Morgan fingerprint density at radius 1 is 1.22 bits per heavy atom. The molecule has 0 atom stereocenters. The number of nitrogens with one attached hydrogen (secondary N) is 1. The van der Waals surface area contributed by atoms with E-state index in [0.29, 0.717) is 12.8 Å². The van der Waals surface area contributed by atoms with Gasteiger partial charge in [0.1, 0.15) is 0 Å². The highest BCUT2D eigenvalue weighted by atomic mass is 32.2. The number of hydrogen-bond acceptors (Lipinski definition) is 3. The topological polar surface area (TPSA) is 35.8 Å². The van der Waals surface area contributed by atoms with Crippen LogP contribution in [0.4, 0.5) is 13.2 Å². The average molecular weight is 280 g/mol. The van der Waals surface area contributed by atoms with Gasteiger partial charge >= 0.3 is 6.18 Å². The summed E-state index contributed by atoms with van der Waals surface area (Å²) in [5, 5.41) is 8.83. The van der Waals surface area contributed by atoms with Crippen LogP contribution >= 0.6 is 11.9 Å². The Morgan fingerprint density at radius 3 is 2.06 bits per heavy atom. The van der Waals surface area contributed by atoms with Crippen LogP contribution in [0.2, 0.25) is 0 Å². The molecule has 1 aliphatic rings. The first-order valence-corrected chi connectivity index (χ1v) is 6.83. The number of alkyl halides is 3. The molecule has 1 saturated carbocycles. The number of nitrogens with zero attached hydrogens (tertiary/aromatic N) is 1. The Balaban J connectivity index is 2.53. The van der Waals surface area contributed by atoms with E-state index in [-0.39, 0.29) is 23.6 Å². The van der Waals surface area contributed by atoms with Gasteiger partial charge in [-0.25, -0.2) is 0 Å². The first kappa shape index (κ1) is 15.6. The molecule has 0 heterocycles. The highest BCUT2D eigenvalue weighted by Crippen LogP contribution is 2.48. The molecule has 0 unspecified atom stereocenters. The van der Waals surface area contributed by atoms with Gasteiger partial charge in [0, 0.05) is 10.8 Å². The summed E-state index contributed by atoms with van der Waals surface area (Å²) < 4.78 is 41.8. The molecule has 1 N–H and O–H groups in total. The van der Waals surface area contributed by atoms with Crippen molar-refractivity contribution in [1.29, 1.82) is 5.26 Å². The Labute approximate surface area is 110 Å². The molecule has 104 valence electrons. The summed E-state index contributed by atoms with van der Waals surface area (Å²) in [5.41, 5.74) is -2.13. The molecule has 0 aromatic carbocycles. The van der Waals surface area contributed by atoms with Crippen molar-refractivity contribution in [2.75, 3.05) is 0 Å². The van der Waals surface area contributed by atoms with Crippen LogP contribution in [0.3, 0.4) is 0 Å². The molecule has 1 fully saturated rings. The first-order valence-electron chi connectivity index (χ1n) is 6.01. The number of rotatable bonds is 2. The van der Waals surface area contributed by atoms with Crippen molar-refractivity contribution in [2.24, 2.45) is 5.41 Å². The summed E-state index contributed by atoms with van der Waals surface area (Å²) >= 11 is 1.54. The van der Waals surface area contributed by atoms with Crippen LogP contribution in [0.5, 0.6) is 0 Å². The second-order valence-electron chi connectivity index (χ2n) is 5.80. The Hall–Kier alpha value is -0.410. The molecular weight excluding hydrogens is 261 g/mol. The van der Waals surface area contributed by atoms with Gasteiger partial charge in [-0.15, -0.1) is 0 Å². The van der Waals surface area contributed by atoms with E-state index >= 15 is 0 Å². The summed E-state index contributed by atoms with van der Waals surface area (Å²) in [6, 6.07) is 1.56. The highest BCUT2D eigenvalue weighted by molar-refractivity contribution is 7.98. The molecule has 0 aromatic rings. The maximum absolute atomic E-state index is 12.9. The number of nitriles is 1. The second kappa shape index (κ2) is 5.30. The van der Waals surface area contributed by atoms with E-state index in [4.69, 9.17) is 5.26 Å². The quantitative estimate of drug-likeness (QED) is 0.775. The van der Waals surface area contributed by atoms with Crippen LogP contribution in [0.15, 0.2) is 0 Å². The Morgan fingerprint density at radius 2 is 1.72 bits per heavy atom. The molecule has 0 aromatic heterocycles. The zero-order chi connectivity index (χ0) is 14.0. The van der Waals surface area contributed by atoms with Crippen LogP contribution < -0.4 is 4.72 Å². The minimum absolute atomic E-state index is 0.0355. The highest BCUT2D eigenvalue weighted by Gasteiger charge is 2.56. The summed E-state index contributed by atoms with van der Waals surface area (Å²) in [7, 11) is 0. The SMILES string of the molecule is CC(C)(C)SNC1CCC(C#N)(C(F)(F)F)CC1. The lowest BCUT2D eigenvalue weighted by Gasteiger charge is -2.37. The third-order valence-electron chi connectivity index (χ3n) is 3.13. The van der Waals surface area contributed by atoms with E-state index < -0.39 is 11.6 Å². The van der Waals surface area contributed by atoms with Crippen LogP contribution in [0, 0.1) is 16.7 Å². The normalized spacial score (nSPS) is 29.9. The van der Waals surface area contributed by atoms with E-state index in [0.717, 1.165) is 0 Å². The van der Waals surface area contributed by atoms with E-state index in [1.165, 1.54) is 6.07 Å². The fourth-order valence-electron chi connectivity index (χ4n) is 1.95. The third-order valence-corrected chi connectivity index (χ3v) is 4.19. The predicted octanol–water partition coefficient (Wildman–Crippen LogP) is 4.04. The number of hydrogen-bond donors (Lipinski definition) is 1. The van der Waals surface area contributed by atoms with E-state index in [1.54, 1.807) is 11.9 Å². The molecule has 0 radical (unpaired) electrons. The van der Waals surface area contributed by atoms with Gasteiger partial charge < -0.3 is 0 Å². The van der Waals surface area contributed by atoms with E-state index in [2.05, 4.69) is 4.72 Å². The maximum Gasteiger partial charge on any atom is 0.407 e. The van der Waals surface area contributed by atoms with Crippen LogP contribution in [-0.4, -0.2) is 17.0 Å². The number of halogens is 3. The van der Waals surface area contributed by atoms with Crippen molar-refractivity contribution in [2.45, 2.75) is 63.4 Å². The van der Waals surface area contributed by atoms with Crippen LogP contribution in [0.25, 0.3) is 0 Å². The predicted molar refractivity (Wildman–Crippen MR) is 66.8 cm³/mol. The smallest absolute Gasteiger partial charge is 0.261 e. The van der Waals surface area contributed by atoms with Crippen molar-refractivity contribution in [3.63, 3.8) is 0 Å².